The largest absolute Gasteiger partial charge is 0.384 e. The number of carbonyl (C=O) groups excluding carboxylic acids is 1. The third-order valence-corrected chi connectivity index (χ3v) is 4.57. The summed E-state index contributed by atoms with van der Waals surface area (Å²) in [4.78, 5) is 41.9. The maximum atomic E-state index is 12.2. The average molecular weight is 467 g/mol. The van der Waals surface area contributed by atoms with Crippen LogP contribution in [0.1, 0.15) is 18.0 Å². The molecule has 148 valence electrons. The minimum atomic E-state index is -0.989. The van der Waals surface area contributed by atoms with E-state index in [1.54, 1.807) is 6.20 Å². The van der Waals surface area contributed by atoms with Crippen molar-refractivity contribution in [1.82, 2.24) is 9.55 Å². The monoisotopic (exact) mass is 466 g/mol. The smallest absolute Gasteiger partial charge is 0.328 e. The minimum absolute atomic E-state index is 0.0175. The number of H-pyrrole nitrogens is 1. The number of aromatic nitrogens is 2. The number of amidine groups is 1. The molecule has 0 fully saturated rings. The molecule has 1 aromatic carbocycles. The molecule has 0 aliphatic heterocycles. The van der Waals surface area contributed by atoms with Crippen LogP contribution in [0.3, 0.4) is 0 Å². The van der Waals surface area contributed by atoms with Gasteiger partial charge in [0.2, 0.25) is 5.91 Å². The molecule has 11 heteroatoms. The van der Waals surface area contributed by atoms with Gasteiger partial charge in [0.25, 0.3) is 5.56 Å². The van der Waals surface area contributed by atoms with Crippen LogP contribution >= 0.6 is 28.6 Å². The number of nitrogens with two attached hydrogens (primary N) is 2. The van der Waals surface area contributed by atoms with Crippen molar-refractivity contribution in [1.29, 1.82) is 0 Å². The maximum Gasteiger partial charge on any atom is 0.328 e. The van der Waals surface area contributed by atoms with Gasteiger partial charge >= 0.3 is 5.69 Å². The molecule has 0 bridgehead atoms. The first-order valence-electron chi connectivity index (χ1n) is 8.02. The highest BCUT2D eigenvalue weighted by molar-refractivity contribution is 9.10. The van der Waals surface area contributed by atoms with E-state index in [-0.39, 0.29) is 22.8 Å². The van der Waals surface area contributed by atoms with E-state index in [0.717, 1.165) is 14.7 Å². The van der Waals surface area contributed by atoms with Crippen LogP contribution in [-0.4, -0.2) is 21.3 Å². The molecule has 0 saturated carbocycles. The Labute approximate surface area is 174 Å². The number of halogens is 1. The number of benzene rings is 1. The van der Waals surface area contributed by atoms with E-state index in [0.29, 0.717) is 0 Å². The molecule has 0 aliphatic rings. The van der Waals surface area contributed by atoms with E-state index in [1.165, 1.54) is 13.1 Å². The molecule has 9 nitrogen and oxygen atoms in total. The van der Waals surface area contributed by atoms with Crippen LogP contribution in [0.4, 0.5) is 5.69 Å². The summed E-state index contributed by atoms with van der Waals surface area (Å²) in [5, 5.41) is 3.00. The van der Waals surface area contributed by atoms with Crippen molar-refractivity contribution in [3.05, 3.63) is 67.4 Å². The molecule has 1 amide bonds. The summed E-state index contributed by atoms with van der Waals surface area (Å²) in [5.74, 6) is -0.637. The van der Waals surface area contributed by atoms with E-state index < -0.39 is 23.2 Å². The number of nitrogens with one attached hydrogen (secondary N) is 2. The molecular formula is C17H19BrN6O3S. The number of amides is 1. The predicted molar refractivity (Wildman–Crippen MR) is 115 cm³/mol. The third-order valence-electron chi connectivity index (χ3n) is 3.69. The lowest BCUT2D eigenvalue weighted by Gasteiger charge is -2.12. The number of thiol groups is 1. The number of carbonyl (C=O) groups is 1. The van der Waals surface area contributed by atoms with Crippen LogP contribution < -0.4 is 28.0 Å². The van der Waals surface area contributed by atoms with Gasteiger partial charge < -0.3 is 21.8 Å². The van der Waals surface area contributed by atoms with Gasteiger partial charge in [-0.1, -0.05) is 15.9 Å². The van der Waals surface area contributed by atoms with Crippen molar-refractivity contribution in [2.75, 3.05) is 5.32 Å². The van der Waals surface area contributed by atoms with Crippen molar-refractivity contribution in [3.63, 3.8) is 0 Å². The molecule has 1 heterocycles. The number of anilines is 1. The lowest BCUT2D eigenvalue weighted by Crippen LogP contribution is -2.38. The first-order valence-corrected chi connectivity index (χ1v) is 9.26. The summed E-state index contributed by atoms with van der Waals surface area (Å²) in [6.45, 7) is 0. The van der Waals surface area contributed by atoms with Crippen LogP contribution in [0.2, 0.25) is 0 Å². The minimum Gasteiger partial charge on any atom is -0.384 e. The number of hydrogen-bond acceptors (Lipinski definition) is 6. The number of nitrogens with zero attached hydrogens (tertiary/aromatic N) is 2. The normalized spacial score (nSPS) is 12.9. The Kier molecular flexibility index (Phi) is 7.38. The highest BCUT2D eigenvalue weighted by Crippen LogP contribution is 2.16. The van der Waals surface area contributed by atoms with Gasteiger partial charge in [0.15, 0.2) is 0 Å². The lowest BCUT2D eigenvalue weighted by atomic mass is 10.1. The summed E-state index contributed by atoms with van der Waals surface area (Å²) in [6, 6.07) is 6.46. The summed E-state index contributed by atoms with van der Waals surface area (Å²) in [7, 11) is 1.30. The van der Waals surface area contributed by atoms with Gasteiger partial charge in [-0.15, -0.1) is 12.6 Å². The van der Waals surface area contributed by atoms with Crippen LogP contribution in [0.5, 0.6) is 0 Å². The van der Waals surface area contributed by atoms with Crippen LogP contribution in [0.15, 0.2) is 60.6 Å². The Bertz CT molecular complexity index is 1040. The molecule has 0 radical (unpaired) electrons. The lowest BCUT2D eigenvalue weighted by molar-refractivity contribution is -0.118. The SMILES string of the molecule is Cn1c(=O)[nH]c(S)c(C(N)CC(=O)N=C(N)/C=C\Nc2ccc(Br)cc2)c1=O. The molecule has 0 aliphatic carbocycles. The van der Waals surface area contributed by atoms with Crippen molar-refractivity contribution >= 4 is 46.0 Å². The Hall–Kier alpha value is -2.63. The number of aromatic amines is 1. The van der Waals surface area contributed by atoms with Crippen LogP contribution in [0.25, 0.3) is 0 Å². The highest BCUT2D eigenvalue weighted by atomic mass is 79.9. The van der Waals surface area contributed by atoms with Crippen molar-refractivity contribution in [2.45, 2.75) is 17.5 Å². The quantitative estimate of drug-likeness (QED) is 0.185. The fourth-order valence-corrected chi connectivity index (χ4v) is 2.87. The maximum absolute atomic E-state index is 12.2. The van der Waals surface area contributed by atoms with E-state index in [2.05, 4.69) is 43.9 Å². The molecule has 1 unspecified atom stereocenters. The molecule has 2 aromatic rings. The average Bonchev–Trinajstić information content (AvgIpc) is 2.61. The third kappa shape index (κ3) is 5.68. The molecule has 1 aromatic heterocycles. The zero-order chi connectivity index (χ0) is 20.8. The predicted octanol–water partition coefficient (Wildman–Crippen LogP) is 1.02. The molecule has 2 rings (SSSR count). The van der Waals surface area contributed by atoms with Crippen molar-refractivity contribution in [2.24, 2.45) is 23.5 Å². The van der Waals surface area contributed by atoms with Gasteiger partial charge in [0.1, 0.15) is 5.84 Å². The number of rotatable bonds is 6. The van der Waals surface area contributed by atoms with Crippen molar-refractivity contribution in [3.8, 4) is 0 Å². The zero-order valence-corrected chi connectivity index (χ0v) is 17.3. The molecular weight excluding hydrogens is 448 g/mol. The van der Waals surface area contributed by atoms with Crippen LogP contribution in [-0.2, 0) is 11.8 Å². The topological polar surface area (TPSA) is 148 Å². The molecule has 6 N–H and O–H groups in total. The first-order chi connectivity index (χ1) is 13.2. The van der Waals surface area contributed by atoms with Gasteiger partial charge in [-0.25, -0.2) is 4.79 Å². The van der Waals surface area contributed by atoms with Crippen LogP contribution in [0, 0.1) is 0 Å². The molecule has 28 heavy (non-hydrogen) atoms. The Morgan fingerprint density at radius 3 is 2.68 bits per heavy atom. The second-order valence-electron chi connectivity index (χ2n) is 5.78. The molecule has 0 spiro atoms. The second-order valence-corrected chi connectivity index (χ2v) is 7.15. The summed E-state index contributed by atoms with van der Waals surface area (Å²) in [5.41, 5.74) is 11.3. The van der Waals surface area contributed by atoms with Gasteiger partial charge in [0, 0.05) is 35.9 Å². The molecule has 1 atom stereocenters. The summed E-state index contributed by atoms with van der Waals surface area (Å²) >= 11 is 7.40. The Morgan fingerprint density at radius 1 is 1.39 bits per heavy atom. The van der Waals surface area contributed by atoms with Gasteiger partial charge in [-0.05, 0) is 30.3 Å². The number of aliphatic imine (C=N–C) groups is 1. The Morgan fingerprint density at radius 2 is 2.04 bits per heavy atom. The Balaban J connectivity index is 2.03. The fraction of sp³-hybridized carbons (Fsp3) is 0.176. The highest BCUT2D eigenvalue weighted by Gasteiger charge is 2.19. The van der Waals surface area contributed by atoms with E-state index >= 15 is 0 Å². The van der Waals surface area contributed by atoms with Gasteiger partial charge in [-0.2, -0.15) is 4.99 Å². The van der Waals surface area contributed by atoms with Gasteiger partial charge in [0.05, 0.1) is 10.6 Å². The second kappa shape index (κ2) is 9.53. The number of hydrogen-bond donors (Lipinski definition) is 5. The first kappa shape index (κ1) is 21.7. The standard InChI is InChI=1S/C17H19BrN6O3S/c1-24-16(26)14(15(28)23-17(24)27)11(19)8-13(25)22-12(20)6-7-21-10-4-2-9(18)3-5-10/h2-7,11,21,28H,8,19H2,1H3,(H,23,27)(H2,20,22,25)/b7-6-. The summed E-state index contributed by atoms with van der Waals surface area (Å²) < 4.78 is 1.81. The van der Waals surface area contributed by atoms with E-state index in [9.17, 15) is 14.4 Å². The van der Waals surface area contributed by atoms with Gasteiger partial charge in [-0.3, -0.25) is 14.2 Å². The summed E-state index contributed by atoms with van der Waals surface area (Å²) in [6.07, 6.45) is 2.69. The van der Waals surface area contributed by atoms with E-state index in [4.69, 9.17) is 11.5 Å². The van der Waals surface area contributed by atoms with E-state index in [1.807, 2.05) is 24.3 Å². The fourth-order valence-electron chi connectivity index (χ4n) is 2.25. The van der Waals surface area contributed by atoms with Crippen molar-refractivity contribution < 1.29 is 4.79 Å². The molecule has 0 saturated heterocycles. The zero-order valence-electron chi connectivity index (χ0n) is 14.8.